The van der Waals surface area contributed by atoms with Gasteiger partial charge in [-0.25, -0.2) is 9.37 Å². The molecule has 2 aromatic heterocycles. The lowest BCUT2D eigenvalue weighted by molar-refractivity contribution is -0.140. The summed E-state index contributed by atoms with van der Waals surface area (Å²) in [6, 6.07) is 9.51. The maximum atomic E-state index is 14.3. The molecule has 3 aromatic rings. The van der Waals surface area contributed by atoms with E-state index in [1.165, 1.54) is 19.1 Å². The fourth-order valence-electron chi connectivity index (χ4n) is 5.61. The Morgan fingerprint density at radius 3 is 2.44 bits per heavy atom. The van der Waals surface area contributed by atoms with Gasteiger partial charge in [-0.15, -0.1) is 0 Å². The van der Waals surface area contributed by atoms with Crippen molar-refractivity contribution in [2.45, 2.75) is 71.6 Å². The molecule has 4 unspecified atom stereocenters. The summed E-state index contributed by atoms with van der Waals surface area (Å²) >= 11 is 0. The Kier molecular flexibility index (Phi) is 10.6. The lowest BCUT2D eigenvalue weighted by Gasteiger charge is -2.37. The van der Waals surface area contributed by atoms with Crippen LogP contribution in [0.3, 0.4) is 0 Å². The highest BCUT2D eigenvalue weighted by Crippen LogP contribution is 2.27. The average molecular weight is 622 g/mol. The number of imidazole rings is 1. The van der Waals surface area contributed by atoms with Crippen molar-refractivity contribution in [2.24, 2.45) is 5.41 Å². The number of aromatic nitrogens is 2. The molecule has 0 aliphatic carbocycles. The first-order valence-electron chi connectivity index (χ1n) is 15.3. The van der Waals surface area contributed by atoms with Crippen molar-refractivity contribution in [3.8, 4) is 0 Å². The van der Waals surface area contributed by atoms with E-state index < -0.39 is 23.5 Å². The van der Waals surface area contributed by atoms with E-state index in [1.54, 1.807) is 46.5 Å². The Bertz CT molecular complexity index is 1480. The van der Waals surface area contributed by atoms with Gasteiger partial charge in [0.05, 0.1) is 12.1 Å². The van der Waals surface area contributed by atoms with E-state index in [9.17, 15) is 23.6 Å². The van der Waals surface area contributed by atoms with Gasteiger partial charge in [-0.1, -0.05) is 39.0 Å². The molecule has 0 saturated carbocycles. The number of nitrogens with one attached hydrogen (secondary N) is 3. The number of halogens is 1. The molecule has 4 atom stereocenters. The molecule has 1 fully saturated rings. The molecule has 1 aromatic carbocycles. The van der Waals surface area contributed by atoms with Crippen LogP contribution >= 0.6 is 0 Å². The number of hydrogen-bond acceptors (Lipinski definition) is 6. The first kappa shape index (κ1) is 33.6. The molecule has 12 heteroatoms. The zero-order chi connectivity index (χ0) is 32.9. The first-order chi connectivity index (χ1) is 21.3. The lowest BCUT2D eigenvalue weighted by atomic mass is 9.85. The van der Waals surface area contributed by atoms with Gasteiger partial charge in [0.2, 0.25) is 17.7 Å². The predicted molar refractivity (Wildman–Crippen MR) is 169 cm³/mol. The molecule has 4 rings (SSSR count). The van der Waals surface area contributed by atoms with E-state index in [0.717, 1.165) is 5.56 Å². The molecular formula is C33H44FN7O4. The average Bonchev–Trinajstić information content (AvgIpc) is 3.60. The summed E-state index contributed by atoms with van der Waals surface area (Å²) < 4.78 is 15.3. The highest BCUT2D eigenvalue weighted by Gasteiger charge is 2.43. The van der Waals surface area contributed by atoms with Crippen LogP contribution in [0.2, 0.25) is 0 Å². The predicted octanol–water partition coefficient (Wildman–Crippen LogP) is 2.40. The van der Waals surface area contributed by atoms with Crippen molar-refractivity contribution in [1.82, 2.24) is 35.1 Å². The number of rotatable bonds is 11. The van der Waals surface area contributed by atoms with Crippen molar-refractivity contribution >= 4 is 29.3 Å². The van der Waals surface area contributed by atoms with Crippen molar-refractivity contribution in [3.63, 3.8) is 0 Å². The van der Waals surface area contributed by atoms with Crippen LogP contribution in [0.4, 0.5) is 4.39 Å². The van der Waals surface area contributed by atoms with Crippen LogP contribution in [0.25, 0.3) is 5.65 Å². The zero-order valence-corrected chi connectivity index (χ0v) is 26.8. The monoisotopic (exact) mass is 621 g/mol. The normalized spacial score (nSPS) is 18.0. The molecule has 0 radical (unpaired) electrons. The van der Waals surface area contributed by atoms with Crippen LogP contribution in [-0.2, 0) is 20.8 Å². The molecule has 11 nitrogen and oxygen atoms in total. The summed E-state index contributed by atoms with van der Waals surface area (Å²) in [5, 5.41) is 8.76. The van der Waals surface area contributed by atoms with Crippen LogP contribution in [0.5, 0.6) is 0 Å². The van der Waals surface area contributed by atoms with Gasteiger partial charge in [0, 0.05) is 45.0 Å². The van der Waals surface area contributed by atoms with Crippen molar-refractivity contribution in [3.05, 3.63) is 71.9 Å². The van der Waals surface area contributed by atoms with E-state index >= 15 is 0 Å². The summed E-state index contributed by atoms with van der Waals surface area (Å²) in [6.07, 6.45) is 4.37. The van der Waals surface area contributed by atoms with Gasteiger partial charge in [-0.2, -0.15) is 0 Å². The second-order valence-corrected chi connectivity index (χ2v) is 12.8. The molecule has 0 bridgehead atoms. The number of amides is 4. The van der Waals surface area contributed by atoms with E-state index in [0.29, 0.717) is 25.0 Å². The standard InChI is InChI=1S/C33H44FN7O4/c1-21(35-6)30(43)38-29(33(3,4)5)32(45)41-18-25(36-22(2)42)17-26(41)19-40(16-14-23-10-12-24(34)13-11-23)31(44)27-20-39-15-8-7-9-28(39)37-27/h7-13,15,20-21,25-26,29,35H,14,16-19H2,1-6H3,(H,36,42)(H,38,43). The van der Waals surface area contributed by atoms with E-state index in [2.05, 4.69) is 20.9 Å². The molecule has 3 N–H and O–H groups in total. The minimum Gasteiger partial charge on any atom is -0.352 e. The Morgan fingerprint density at radius 1 is 1.11 bits per heavy atom. The van der Waals surface area contributed by atoms with Crippen LogP contribution in [0.1, 0.15) is 57.1 Å². The summed E-state index contributed by atoms with van der Waals surface area (Å²) in [7, 11) is 1.67. The highest BCUT2D eigenvalue weighted by atomic mass is 19.1. The lowest BCUT2D eigenvalue weighted by Crippen LogP contribution is -2.59. The smallest absolute Gasteiger partial charge is 0.274 e. The number of pyridine rings is 1. The Hall–Kier alpha value is -4.32. The second-order valence-electron chi connectivity index (χ2n) is 12.8. The number of benzene rings is 1. The van der Waals surface area contributed by atoms with Gasteiger partial charge in [0.15, 0.2) is 0 Å². The minimum absolute atomic E-state index is 0.174. The van der Waals surface area contributed by atoms with Gasteiger partial charge >= 0.3 is 0 Å². The third kappa shape index (κ3) is 8.44. The number of nitrogens with zero attached hydrogens (tertiary/aromatic N) is 4. The van der Waals surface area contributed by atoms with Crippen molar-refractivity contribution in [1.29, 1.82) is 0 Å². The number of fused-ring (bicyclic) bond motifs is 1. The Labute approximate surface area is 263 Å². The topological polar surface area (TPSA) is 128 Å². The largest absolute Gasteiger partial charge is 0.352 e. The van der Waals surface area contributed by atoms with Crippen molar-refractivity contribution < 1.29 is 23.6 Å². The maximum absolute atomic E-state index is 14.3. The van der Waals surface area contributed by atoms with Gasteiger partial charge in [-0.3, -0.25) is 19.2 Å². The zero-order valence-electron chi connectivity index (χ0n) is 26.8. The second kappa shape index (κ2) is 14.2. The molecule has 1 saturated heterocycles. The van der Waals surface area contributed by atoms with Crippen molar-refractivity contribution in [2.75, 3.05) is 26.7 Å². The molecule has 4 amide bonds. The molecule has 1 aliphatic heterocycles. The third-order valence-corrected chi connectivity index (χ3v) is 8.22. The van der Waals surface area contributed by atoms with Gasteiger partial charge in [-0.05, 0) is 62.1 Å². The number of likely N-dealkylation sites (tertiary alicyclic amines) is 1. The van der Waals surface area contributed by atoms with Crippen LogP contribution in [0, 0.1) is 11.2 Å². The number of carbonyl (C=O) groups excluding carboxylic acids is 4. The highest BCUT2D eigenvalue weighted by molar-refractivity contribution is 5.93. The maximum Gasteiger partial charge on any atom is 0.274 e. The molecular weight excluding hydrogens is 577 g/mol. The Balaban J connectivity index is 1.65. The first-order valence-corrected chi connectivity index (χ1v) is 15.3. The van der Waals surface area contributed by atoms with Gasteiger partial charge < -0.3 is 30.2 Å². The quantitative estimate of drug-likeness (QED) is 0.302. The molecule has 0 spiro atoms. The fraction of sp³-hybridized carbons (Fsp3) is 0.485. The molecule has 242 valence electrons. The van der Waals surface area contributed by atoms with E-state index in [1.807, 2.05) is 45.2 Å². The number of likely N-dealkylation sites (N-methyl/N-ethyl adjacent to an activating group) is 1. The SMILES string of the molecule is CNC(C)C(=O)NC(C(=O)N1CC(NC(C)=O)CC1CN(CCc1ccc(F)cc1)C(=O)c1cn2ccccc2n1)C(C)(C)C. The Morgan fingerprint density at radius 2 is 1.82 bits per heavy atom. The van der Waals surface area contributed by atoms with Crippen LogP contribution < -0.4 is 16.0 Å². The summed E-state index contributed by atoms with van der Waals surface area (Å²) in [4.78, 5) is 61.1. The van der Waals surface area contributed by atoms with Crippen LogP contribution in [0.15, 0.2) is 54.9 Å². The minimum atomic E-state index is -0.846. The summed E-state index contributed by atoms with van der Waals surface area (Å²) in [5.74, 6) is -1.45. The molecule has 45 heavy (non-hydrogen) atoms. The third-order valence-electron chi connectivity index (χ3n) is 8.22. The van der Waals surface area contributed by atoms with E-state index in [-0.39, 0.29) is 54.3 Å². The number of carbonyl (C=O) groups is 4. The number of hydrogen-bond donors (Lipinski definition) is 3. The fourth-order valence-corrected chi connectivity index (χ4v) is 5.61. The summed E-state index contributed by atoms with van der Waals surface area (Å²) in [5.41, 5.74) is 1.12. The van der Waals surface area contributed by atoms with E-state index in [4.69, 9.17) is 0 Å². The summed E-state index contributed by atoms with van der Waals surface area (Å²) in [6.45, 7) is 9.51. The van der Waals surface area contributed by atoms with Gasteiger partial charge in [0.25, 0.3) is 5.91 Å². The van der Waals surface area contributed by atoms with Gasteiger partial charge in [0.1, 0.15) is 23.2 Å². The molecule has 1 aliphatic rings. The van der Waals surface area contributed by atoms with Crippen LogP contribution in [-0.4, -0.2) is 93.7 Å². The molecule has 3 heterocycles.